The zero-order chi connectivity index (χ0) is 23.3. The van der Waals surface area contributed by atoms with Crippen molar-refractivity contribution in [3.8, 4) is 22.4 Å². The molecule has 1 aliphatic rings. The molecule has 0 aliphatic carbocycles. The number of nitrogens with zero attached hydrogens (tertiary/aromatic N) is 2. The van der Waals surface area contributed by atoms with Crippen LogP contribution in [-0.2, 0) is 17.8 Å². The van der Waals surface area contributed by atoms with Gasteiger partial charge in [-0.15, -0.1) is 0 Å². The lowest BCUT2D eigenvalue weighted by molar-refractivity contribution is -0.115. The van der Waals surface area contributed by atoms with Gasteiger partial charge in [-0.25, -0.2) is 4.98 Å². The van der Waals surface area contributed by atoms with Crippen LogP contribution in [-0.4, -0.2) is 27.9 Å². The van der Waals surface area contributed by atoms with Gasteiger partial charge in [0.05, 0.1) is 12.2 Å². The van der Waals surface area contributed by atoms with Crippen molar-refractivity contribution in [1.29, 1.82) is 0 Å². The van der Waals surface area contributed by atoms with Gasteiger partial charge in [-0.2, -0.15) is 0 Å². The van der Waals surface area contributed by atoms with Crippen LogP contribution in [0.5, 0.6) is 0 Å². The molecule has 2 heterocycles. The number of rotatable bonds is 6. The lowest BCUT2D eigenvalue weighted by Gasteiger charge is -2.11. The fourth-order valence-corrected chi connectivity index (χ4v) is 4.22. The van der Waals surface area contributed by atoms with Gasteiger partial charge in [0.25, 0.3) is 5.91 Å². The van der Waals surface area contributed by atoms with Gasteiger partial charge in [-0.3, -0.25) is 9.59 Å². The Morgan fingerprint density at radius 2 is 1.62 bits per heavy atom. The zero-order valence-corrected chi connectivity index (χ0v) is 18.8. The fourth-order valence-electron chi connectivity index (χ4n) is 4.22. The Morgan fingerprint density at radius 3 is 2.41 bits per heavy atom. The Morgan fingerprint density at radius 1 is 0.853 bits per heavy atom. The molecule has 1 aliphatic heterocycles. The Hall–Kier alpha value is -4.19. The summed E-state index contributed by atoms with van der Waals surface area (Å²) < 4.78 is 2.21. The number of nitrogens with one attached hydrogen (secondary N) is 2. The second-order valence-corrected chi connectivity index (χ2v) is 8.45. The van der Waals surface area contributed by atoms with Crippen molar-refractivity contribution in [3.63, 3.8) is 0 Å². The van der Waals surface area contributed by atoms with Gasteiger partial charge in [-0.1, -0.05) is 54.6 Å². The lowest BCUT2D eigenvalue weighted by atomic mass is 10.0. The van der Waals surface area contributed by atoms with Gasteiger partial charge in [0.1, 0.15) is 5.82 Å². The molecule has 0 fully saturated rings. The lowest BCUT2D eigenvalue weighted by Crippen LogP contribution is -2.32. The second kappa shape index (κ2) is 9.75. The molecule has 2 N–H and O–H groups in total. The summed E-state index contributed by atoms with van der Waals surface area (Å²) in [5, 5.41) is 5.55. The van der Waals surface area contributed by atoms with E-state index in [2.05, 4.69) is 21.4 Å². The predicted octanol–water partition coefficient (Wildman–Crippen LogP) is 4.92. The van der Waals surface area contributed by atoms with Crippen LogP contribution in [0.4, 0.5) is 5.69 Å². The Bertz CT molecular complexity index is 1290. The van der Waals surface area contributed by atoms with Crippen LogP contribution in [0.15, 0.2) is 85.1 Å². The highest BCUT2D eigenvalue weighted by Crippen LogP contribution is 2.25. The molecule has 34 heavy (non-hydrogen) atoms. The Labute approximate surface area is 198 Å². The van der Waals surface area contributed by atoms with Crippen LogP contribution >= 0.6 is 0 Å². The molecule has 4 aromatic rings. The molecule has 3 aromatic carbocycles. The van der Waals surface area contributed by atoms with Crippen molar-refractivity contribution in [3.05, 3.63) is 96.4 Å². The van der Waals surface area contributed by atoms with E-state index in [9.17, 15) is 9.59 Å². The first-order valence-corrected chi connectivity index (χ1v) is 11.6. The summed E-state index contributed by atoms with van der Waals surface area (Å²) in [6.45, 7) is 0.899. The number of carbonyl (C=O) groups is 2. The first-order chi connectivity index (χ1) is 16.7. The number of imidazole rings is 1. The summed E-state index contributed by atoms with van der Waals surface area (Å²) in [5.41, 5.74) is 5.19. The molecule has 0 unspecified atom stereocenters. The van der Waals surface area contributed by atoms with Crippen molar-refractivity contribution >= 4 is 17.5 Å². The largest absolute Gasteiger partial charge is 0.343 e. The number of fused-ring (bicyclic) bond motifs is 1. The van der Waals surface area contributed by atoms with Gasteiger partial charge < -0.3 is 15.2 Å². The van der Waals surface area contributed by atoms with Gasteiger partial charge in [0.15, 0.2) is 0 Å². The molecule has 6 nitrogen and oxygen atoms in total. The van der Waals surface area contributed by atoms with Crippen molar-refractivity contribution in [2.45, 2.75) is 25.8 Å². The molecule has 0 radical (unpaired) electrons. The number of aryl methyl sites for hydroxylation is 2. The van der Waals surface area contributed by atoms with Gasteiger partial charge >= 0.3 is 0 Å². The molecular weight excluding hydrogens is 424 g/mol. The third kappa shape index (κ3) is 4.91. The van der Waals surface area contributed by atoms with E-state index in [0.29, 0.717) is 11.3 Å². The van der Waals surface area contributed by atoms with Crippen molar-refractivity contribution < 1.29 is 9.59 Å². The molecule has 0 saturated heterocycles. The molecule has 6 heteroatoms. The number of amides is 2. The quantitative estimate of drug-likeness (QED) is 0.438. The molecule has 170 valence electrons. The molecule has 0 saturated carbocycles. The number of carbonyl (C=O) groups excluding carboxylic acids is 2. The second-order valence-electron chi connectivity index (χ2n) is 8.45. The van der Waals surface area contributed by atoms with Gasteiger partial charge in [-0.05, 0) is 48.2 Å². The van der Waals surface area contributed by atoms with Crippen LogP contribution < -0.4 is 10.6 Å². The number of hydrogen-bond donors (Lipinski definition) is 2. The topological polar surface area (TPSA) is 76.0 Å². The van der Waals surface area contributed by atoms with E-state index in [1.165, 1.54) is 12.8 Å². The van der Waals surface area contributed by atoms with Crippen molar-refractivity contribution in [2.75, 3.05) is 11.9 Å². The Balaban J connectivity index is 1.17. The molecule has 2 amide bonds. The average Bonchev–Trinajstić information content (AvgIpc) is 3.33. The Kier molecular flexibility index (Phi) is 6.21. The zero-order valence-electron chi connectivity index (χ0n) is 18.8. The summed E-state index contributed by atoms with van der Waals surface area (Å²) >= 11 is 0. The van der Waals surface area contributed by atoms with Gasteiger partial charge in [0, 0.05) is 36.0 Å². The maximum absolute atomic E-state index is 12.5. The molecular formula is C28H26N4O2. The van der Waals surface area contributed by atoms with E-state index in [0.717, 1.165) is 41.2 Å². The number of aromatic nitrogens is 2. The molecule has 5 rings (SSSR count). The number of benzene rings is 3. The van der Waals surface area contributed by atoms with Crippen LogP contribution in [0.3, 0.4) is 0 Å². The minimum atomic E-state index is -0.285. The molecule has 0 bridgehead atoms. The SMILES string of the molecule is O=C(CNC(=O)c1ccc(-c2ccccc2)cc1)Nc1cccc(-c2cn3c(n2)CCCC3)c1. The van der Waals surface area contributed by atoms with Crippen LogP contribution in [0.2, 0.25) is 0 Å². The van der Waals surface area contributed by atoms with Crippen molar-refractivity contribution in [2.24, 2.45) is 0 Å². The molecule has 0 spiro atoms. The molecule has 1 aromatic heterocycles. The van der Waals surface area contributed by atoms with E-state index in [1.807, 2.05) is 66.7 Å². The predicted molar refractivity (Wildman–Crippen MR) is 133 cm³/mol. The highest BCUT2D eigenvalue weighted by Gasteiger charge is 2.14. The normalized spacial score (nSPS) is 12.6. The van der Waals surface area contributed by atoms with Crippen LogP contribution in [0, 0.1) is 0 Å². The van der Waals surface area contributed by atoms with Gasteiger partial charge in [0.2, 0.25) is 5.91 Å². The standard InChI is InChI=1S/C28H26N4O2/c33-27(18-29-28(34)22-14-12-21(13-15-22)20-7-2-1-3-8-20)30-24-10-6-9-23(17-24)25-19-32-16-5-4-11-26(32)31-25/h1-3,6-10,12-15,17,19H,4-5,11,16,18H2,(H,29,34)(H,30,33). The van der Waals surface area contributed by atoms with E-state index < -0.39 is 0 Å². The van der Waals surface area contributed by atoms with Crippen LogP contribution in [0.25, 0.3) is 22.4 Å². The van der Waals surface area contributed by atoms with E-state index in [4.69, 9.17) is 4.98 Å². The summed E-state index contributed by atoms with van der Waals surface area (Å²) in [4.78, 5) is 29.7. The highest BCUT2D eigenvalue weighted by molar-refractivity contribution is 5.99. The first kappa shape index (κ1) is 21.6. The highest BCUT2D eigenvalue weighted by atomic mass is 16.2. The monoisotopic (exact) mass is 450 g/mol. The number of anilines is 1. The summed E-state index contributed by atoms with van der Waals surface area (Å²) in [5.74, 6) is 0.554. The smallest absolute Gasteiger partial charge is 0.251 e. The number of hydrogen-bond acceptors (Lipinski definition) is 3. The third-order valence-corrected chi connectivity index (χ3v) is 6.01. The minimum absolute atomic E-state index is 0.109. The van der Waals surface area contributed by atoms with E-state index in [-0.39, 0.29) is 18.4 Å². The van der Waals surface area contributed by atoms with Crippen LogP contribution in [0.1, 0.15) is 29.0 Å². The summed E-state index contributed by atoms with van der Waals surface area (Å²) in [6.07, 6.45) is 5.45. The first-order valence-electron chi connectivity index (χ1n) is 11.6. The minimum Gasteiger partial charge on any atom is -0.343 e. The maximum atomic E-state index is 12.5. The third-order valence-electron chi connectivity index (χ3n) is 6.01. The maximum Gasteiger partial charge on any atom is 0.251 e. The van der Waals surface area contributed by atoms with E-state index in [1.54, 1.807) is 12.1 Å². The summed E-state index contributed by atoms with van der Waals surface area (Å²) in [6, 6.07) is 25.0. The summed E-state index contributed by atoms with van der Waals surface area (Å²) in [7, 11) is 0. The fraction of sp³-hybridized carbons (Fsp3) is 0.179. The average molecular weight is 451 g/mol. The molecule has 0 atom stereocenters. The van der Waals surface area contributed by atoms with E-state index >= 15 is 0 Å². The van der Waals surface area contributed by atoms with Crippen molar-refractivity contribution in [1.82, 2.24) is 14.9 Å².